The molecule has 0 aliphatic carbocycles. The molecule has 1 aromatic rings. The summed E-state index contributed by atoms with van der Waals surface area (Å²) in [6.07, 6.45) is 2.04. The van der Waals surface area contributed by atoms with Crippen molar-refractivity contribution in [3.8, 4) is 0 Å². The van der Waals surface area contributed by atoms with Crippen LogP contribution in [0.4, 0.5) is 0 Å². The summed E-state index contributed by atoms with van der Waals surface area (Å²) in [7, 11) is 0. The lowest BCUT2D eigenvalue weighted by atomic mass is 10.3. The van der Waals surface area contributed by atoms with Gasteiger partial charge in [0, 0.05) is 34.4 Å². The fraction of sp³-hybridized carbons (Fsp3) is 0.727. The minimum atomic E-state index is 0.610. The van der Waals surface area contributed by atoms with Crippen LogP contribution in [0.1, 0.15) is 29.0 Å². The number of rotatable bonds is 4. The van der Waals surface area contributed by atoms with Crippen molar-refractivity contribution in [3.05, 3.63) is 16.1 Å². The monoisotopic (exact) mass is 274 g/mol. The molecular weight excluding hydrogens is 256 g/mol. The molecule has 2 nitrogen and oxygen atoms in total. The zero-order valence-electron chi connectivity index (χ0n) is 9.73. The third kappa shape index (κ3) is 3.15. The van der Waals surface area contributed by atoms with Crippen molar-refractivity contribution in [1.82, 2.24) is 10.3 Å². The Hall–Kier alpha value is 0.290. The van der Waals surface area contributed by atoms with E-state index >= 15 is 0 Å². The lowest BCUT2D eigenvalue weighted by molar-refractivity contribution is 0.734. The molecule has 2 unspecified atom stereocenters. The molecule has 1 aromatic heterocycles. The van der Waals surface area contributed by atoms with E-state index in [1.54, 1.807) is 0 Å². The SMILES string of the molecule is CCNCc1cnc(C2SCCSC2C)s1. The zero-order chi connectivity index (χ0) is 11.4. The highest BCUT2D eigenvalue weighted by Crippen LogP contribution is 2.43. The van der Waals surface area contributed by atoms with Crippen LogP contribution in [0.5, 0.6) is 0 Å². The Morgan fingerprint density at radius 3 is 3.00 bits per heavy atom. The van der Waals surface area contributed by atoms with Crippen molar-refractivity contribution in [2.75, 3.05) is 18.1 Å². The van der Waals surface area contributed by atoms with Crippen LogP contribution in [0, 0.1) is 0 Å². The van der Waals surface area contributed by atoms with Gasteiger partial charge in [-0.25, -0.2) is 4.98 Å². The van der Waals surface area contributed by atoms with Crippen LogP contribution >= 0.6 is 34.9 Å². The molecule has 16 heavy (non-hydrogen) atoms. The Labute approximate surface area is 110 Å². The van der Waals surface area contributed by atoms with E-state index in [1.807, 2.05) is 17.5 Å². The van der Waals surface area contributed by atoms with Gasteiger partial charge in [0.15, 0.2) is 0 Å². The summed E-state index contributed by atoms with van der Waals surface area (Å²) in [5.74, 6) is 2.56. The van der Waals surface area contributed by atoms with Crippen molar-refractivity contribution in [2.45, 2.75) is 30.9 Å². The topological polar surface area (TPSA) is 24.9 Å². The highest BCUT2D eigenvalue weighted by Gasteiger charge is 2.26. The van der Waals surface area contributed by atoms with Crippen LogP contribution in [0.15, 0.2) is 6.20 Å². The van der Waals surface area contributed by atoms with Crippen LogP contribution < -0.4 is 5.32 Å². The van der Waals surface area contributed by atoms with E-state index in [9.17, 15) is 0 Å². The molecule has 1 fully saturated rings. The lowest BCUT2D eigenvalue weighted by Crippen LogP contribution is -2.15. The molecule has 2 atom stereocenters. The minimum Gasteiger partial charge on any atom is -0.312 e. The molecule has 5 heteroatoms. The van der Waals surface area contributed by atoms with Crippen LogP contribution in [0.25, 0.3) is 0 Å². The van der Waals surface area contributed by atoms with E-state index in [4.69, 9.17) is 0 Å². The second kappa shape index (κ2) is 6.28. The fourth-order valence-corrected chi connectivity index (χ4v) is 5.74. The van der Waals surface area contributed by atoms with Gasteiger partial charge in [0.2, 0.25) is 0 Å². The molecule has 1 saturated heterocycles. The summed E-state index contributed by atoms with van der Waals surface area (Å²) in [5.41, 5.74) is 0. The number of thiazole rings is 1. The van der Waals surface area contributed by atoms with E-state index in [2.05, 4.69) is 47.7 Å². The molecular formula is C11H18N2S3. The third-order valence-corrected chi connectivity index (χ3v) is 6.88. The standard InChI is InChI=1S/C11H18N2S3/c1-3-12-6-9-7-13-11(16-9)10-8(2)14-4-5-15-10/h7-8,10,12H,3-6H2,1-2H3. The van der Waals surface area contributed by atoms with Crippen LogP contribution in [0.2, 0.25) is 0 Å². The summed E-state index contributed by atoms with van der Waals surface area (Å²) in [5, 5.41) is 5.98. The molecule has 90 valence electrons. The van der Waals surface area contributed by atoms with Gasteiger partial charge in [-0.2, -0.15) is 11.8 Å². The van der Waals surface area contributed by atoms with E-state index < -0.39 is 0 Å². The molecule has 2 heterocycles. The predicted octanol–water partition coefficient (Wildman–Crippen LogP) is 3.16. The summed E-state index contributed by atoms with van der Waals surface area (Å²) in [4.78, 5) is 5.95. The van der Waals surface area contributed by atoms with Crippen molar-refractivity contribution < 1.29 is 0 Å². The molecule has 0 amide bonds. The number of hydrogen-bond acceptors (Lipinski definition) is 5. The van der Waals surface area contributed by atoms with Gasteiger partial charge in [0.1, 0.15) is 5.01 Å². The molecule has 0 bridgehead atoms. The maximum atomic E-state index is 4.59. The minimum absolute atomic E-state index is 0.610. The number of thioether (sulfide) groups is 2. The Morgan fingerprint density at radius 1 is 1.44 bits per heavy atom. The van der Waals surface area contributed by atoms with Gasteiger partial charge >= 0.3 is 0 Å². The highest BCUT2D eigenvalue weighted by molar-refractivity contribution is 8.06. The molecule has 0 spiro atoms. The normalized spacial score (nSPS) is 25.9. The first-order valence-corrected chi connectivity index (χ1v) is 8.61. The van der Waals surface area contributed by atoms with Crippen molar-refractivity contribution in [3.63, 3.8) is 0 Å². The van der Waals surface area contributed by atoms with Gasteiger partial charge in [-0.15, -0.1) is 23.1 Å². The number of aromatic nitrogens is 1. The Bertz CT molecular complexity index is 327. The largest absolute Gasteiger partial charge is 0.312 e. The van der Waals surface area contributed by atoms with Gasteiger partial charge in [-0.1, -0.05) is 13.8 Å². The first kappa shape index (κ1) is 12.7. The maximum Gasteiger partial charge on any atom is 0.107 e. The Kier molecular flexibility index (Phi) is 5.00. The first-order chi connectivity index (χ1) is 7.81. The number of nitrogens with zero attached hydrogens (tertiary/aromatic N) is 1. The van der Waals surface area contributed by atoms with Gasteiger partial charge in [-0.05, 0) is 6.54 Å². The first-order valence-electron chi connectivity index (χ1n) is 5.69. The highest BCUT2D eigenvalue weighted by atomic mass is 32.2. The van der Waals surface area contributed by atoms with Crippen LogP contribution in [-0.2, 0) is 6.54 Å². The number of nitrogens with one attached hydrogen (secondary N) is 1. The lowest BCUT2D eigenvalue weighted by Gasteiger charge is -2.25. The number of hydrogen-bond donors (Lipinski definition) is 1. The van der Waals surface area contributed by atoms with Gasteiger partial charge in [-0.3, -0.25) is 0 Å². The fourth-order valence-electron chi connectivity index (χ4n) is 1.69. The van der Waals surface area contributed by atoms with E-state index in [1.165, 1.54) is 21.4 Å². The van der Waals surface area contributed by atoms with E-state index in [0.29, 0.717) is 10.5 Å². The third-order valence-electron chi connectivity index (χ3n) is 2.55. The average Bonchev–Trinajstić information content (AvgIpc) is 2.75. The molecule has 0 aromatic carbocycles. The molecule has 0 saturated carbocycles. The quantitative estimate of drug-likeness (QED) is 0.911. The smallest absolute Gasteiger partial charge is 0.107 e. The van der Waals surface area contributed by atoms with Gasteiger partial charge < -0.3 is 5.32 Å². The van der Waals surface area contributed by atoms with Crippen LogP contribution in [0.3, 0.4) is 0 Å². The van der Waals surface area contributed by atoms with Crippen molar-refractivity contribution in [2.24, 2.45) is 0 Å². The van der Waals surface area contributed by atoms with E-state index in [-0.39, 0.29) is 0 Å². The maximum absolute atomic E-state index is 4.59. The zero-order valence-corrected chi connectivity index (χ0v) is 12.2. The summed E-state index contributed by atoms with van der Waals surface area (Å²) >= 11 is 6.02. The molecule has 1 aliphatic heterocycles. The second-order valence-corrected chi connectivity index (χ2v) is 7.69. The van der Waals surface area contributed by atoms with Crippen molar-refractivity contribution >= 4 is 34.9 Å². The summed E-state index contributed by atoms with van der Waals surface area (Å²) in [6, 6.07) is 0. The molecule has 2 rings (SSSR count). The average molecular weight is 274 g/mol. The van der Waals surface area contributed by atoms with Crippen molar-refractivity contribution in [1.29, 1.82) is 0 Å². The Balaban J connectivity index is 1.99. The van der Waals surface area contributed by atoms with Gasteiger partial charge in [0.25, 0.3) is 0 Å². The molecule has 1 N–H and O–H groups in total. The summed E-state index contributed by atoms with van der Waals surface area (Å²) < 4.78 is 0. The molecule has 0 radical (unpaired) electrons. The molecule has 1 aliphatic rings. The van der Waals surface area contributed by atoms with Crippen LogP contribution in [-0.4, -0.2) is 28.3 Å². The predicted molar refractivity (Wildman–Crippen MR) is 76.6 cm³/mol. The summed E-state index contributed by atoms with van der Waals surface area (Å²) in [6.45, 7) is 6.45. The van der Waals surface area contributed by atoms with Gasteiger partial charge in [0.05, 0.1) is 5.25 Å². The van der Waals surface area contributed by atoms with E-state index in [0.717, 1.165) is 13.1 Å². The second-order valence-electron chi connectivity index (χ2n) is 3.81. The Morgan fingerprint density at radius 2 is 2.25 bits per heavy atom.